The van der Waals surface area contributed by atoms with E-state index in [1.165, 1.54) is 0 Å². The monoisotopic (exact) mass is 350 g/mol. The number of carbonyl (C=O) groups excluding carboxylic acids is 1. The second-order valence-electron chi connectivity index (χ2n) is 6.12. The van der Waals surface area contributed by atoms with E-state index in [0.717, 1.165) is 16.9 Å². The van der Waals surface area contributed by atoms with Gasteiger partial charge in [0.05, 0.1) is 25.9 Å². The van der Waals surface area contributed by atoms with Gasteiger partial charge in [0.25, 0.3) is 5.91 Å². The molecular weight excluding hydrogens is 328 g/mol. The molecule has 1 atom stereocenters. The summed E-state index contributed by atoms with van der Waals surface area (Å²) in [6.45, 7) is 2.54. The first-order chi connectivity index (χ1) is 12.6. The maximum atomic E-state index is 12.8. The highest BCUT2D eigenvalue weighted by atomic mass is 16.5. The highest BCUT2D eigenvalue weighted by molar-refractivity contribution is 5.92. The standard InChI is InChI=1S/C20H22N4O2/c1-15(17-11-7-8-12-19(17)26-3)23(2)20(25)18-14-24(22-21-18)13-16-9-5-4-6-10-16/h4-12,14-15H,13H2,1-3H3. The fourth-order valence-corrected chi connectivity index (χ4v) is 2.82. The summed E-state index contributed by atoms with van der Waals surface area (Å²) in [5, 5.41) is 8.12. The van der Waals surface area contributed by atoms with Gasteiger partial charge in [-0.3, -0.25) is 4.79 Å². The normalized spacial score (nSPS) is 11.8. The molecular formula is C20H22N4O2. The van der Waals surface area contributed by atoms with Crippen molar-refractivity contribution in [3.8, 4) is 5.75 Å². The number of para-hydroxylation sites is 1. The molecule has 0 aliphatic heterocycles. The average molecular weight is 350 g/mol. The molecule has 0 aliphatic carbocycles. The number of methoxy groups -OCH3 is 1. The van der Waals surface area contributed by atoms with E-state index in [9.17, 15) is 4.79 Å². The third-order valence-corrected chi connectivity index (χ3v) is 4.44. The van der Waals surface area contributed by atoms with E-state index in [1.54, 1.807) is 29.9 Å². The van der Waals surface area contributed by atoms with Crippen molar-refractivity contribution in [1.82, 2.24) is 19.9 Å². The fraction of sp³-hybridized carbons (Fsp3) is 0.250. The number of benzene rings is 2. The molecule has 26 heavy (non-hydrogen) atoms. The van der Waals surface area contributed by atoms with Gasteiger partial charge in [0.1, 0.15) is 5.75 Å². The number of carbonyl (C=O) groups is 1. The van der Waals surface area contributed by atoms with Crippen LogP contribution in [0.1, 0.15) is 34.6 Å². The molecule has 6 nitrogen and oxygen atoms in total. The molecule has 6 heteroatoms. The van der Waals surface area contributed by atoms with Crippen LogP contribution in [0.15, 0.2) is 60.8 Å². The van der Waals surface area contributed by atoms with Crippen LogP contribution in [0.4, 0.5) is 0 Å². The molecule has 0 bridgehead atoms. The third-order valence-electron chi connectivity index (χ3n) is 4.44. The van der Waals surface area contributed by atoms with Crippen LogP contribution in [-0.2, 0) is 6.54 Å². The number of amides is 1. The lowest BCUT2D eigenvalue weighted by Crippen LogP contribution is -2.30. The molecule has 0 fully saturated rings. The molecule has 1 amide bonds. The average Bonchev–Trinajstić information content (AvgIpc) is 3.15. The van der Waals surface area contributed by atoms with Crippen molar-refractivity contribution in [3.63, 3.8) is 0 Å². The maximum absolute atomic E-state index is 12.8. The molecule has 0 saturated carbocycles. The first kappa shape index (κ1) is 17.7. The molecule has 3 rings (SSSR count). The molecule has 0 N–H and O–H groups in total. The Morgan fingerprint density at radius 1 is 1.15 bits per heavy atom. The lowest BCUT2D eigenvalue weighted by atomic mass is 10.1. The summed E-state index contributed by atoms with van der Waals surface area (Å²) in [6, 6.07) is 17.5. The summed E-state index contributed by atoms with van der Waals surface area (Å²) < 4.78 is 7.07. The van der Waals surface area contributed by atoms with Crippen LogP contribution in [0, 0.1) is 0 Å². The van der Waals surface area contributed by atoms with Crippen LogP contribution >= 0.6 is 0 Å². The topological polar surface area (TPSA) is 60.2 Å². The summed E-state index contributed by atoms with van der Waals surface area (Å²) in [4.78, 5) is 14.4. The first-order valence-electron chi connectivity index (χ1n) is 8.44. The van der Waals surface area contributed by atoms with Crippen molar-refractivity contribution in [3.05, 3.63) is 77.6 Å². The zero-order chi connectivity index (χ0) is 18.5. The van der Waals surface area contributed by atoms with E-state index < -0.39 is 0 Å². The van der Waals surface area contributed by atoms with E-state index in [-0.39, 0.29) is 11.9 Å². The number of hydrogen-bond acceptors (Lipinski definition) is 4. The number of ether oxygens (including phenoxy) is 1. The zero-order valence-corrected chi connectivity index (χ0v) is 15.2. The molecule has 1 aromatic heterocycles. The summed E-state index contributed by atoms with van der Waals surface area (Å²) in [7, 11) is 3.39. The molecule has 134 valence electrons. The largest absolute Gasteiger partial charge is 0.496 e. The van der Waals surface area contributed by atoms with Crippen molar-refractivity contribution in [1.29, 1.82) is 0 Å². The SMILES string of the molecule is COc1ccccc1C(C)N(C)C(=O)c1cn(Cc2ccccc2)nn1. The molecule has 3 aromatic rings. The zero-order valence-electron chi connectivity index (χ0n) is 15.2. The summed E-state index contributed by atoms with van der Waals surface area (Å²) >= 11 is 0. The van der Waals surface area contributed by atoms with Gasteiger partial charge in [-0.1, -0.05) is 53.7 Å². The molecule has 0 radical (unpaired) electrons. The quantitative estimate of drug-likeness (QED) is 0.685. The smallest absolute Gasteiger partial charge is 0.276 e. The van der Waals surface area contributed by atoms with Crippen LogP contribution in [0.25, 0.3) is 0 Å². The molecule has 0 aliphatic rings. The Balaban J connectivity index is 1.74. The molecule has 0 saturated heterocycles. The van der Waals surface area contributed by atoms with Crippen LogP contribution in [0.3, 0.4) is 0 Å². The molecule has 1 unspecified atom stereocenters. The highest BCUT2D eigenvalue weighted by Gasteiger charge is 2.23. The number of nitrogens with zero attached hydrogens (tertiary/aromatic N) is 4. The van der Waals surface area contributed by atoms with Crippen LogP contribution in [0.5, 0.6) is 5.75 Å². The molecule has 0 spiro atoms. The Labute approximate surface area is 153 Å². The van der Waals surface area contributed by atoms with Gasteiger partial charge >= 0.3 is 0 Å². The van der Waals surface area contributed by atoms with Crippen molar-refractivity contribution in [2.75, 3.05) is 14.2 Å². The van der Waals surface area contributed by atoms with Crippen molar-refractivity contribution in [2.24, 2.45) is 0 Å². The van der Waals surface area contributed by atoms with Gasteiger partial charge in [0.15, 0.2) is 5.69 Å². The Morgan fingerprint density at radius 2 is 1.85 bits per heavy atom. The van der Waals surface area contributed by atoms with Crippen molar-refractivity contribution in [2.45, 2.75) is 19.5 Å². The lowest BCUT2D eigenvalue weighted by Gasteiger charge is -2.25. The maximum Gasteiger partial charge on any atom is 0.276 e. The van der Waals surface area contributed by atoms with E-state index in [0.29, 0.717) is 12.2 Å². The number of aromatic nitrogens is 3. The Morgan fingerprint density at radius 3 is 2.58 bits per heavy atom. The van der Waals surface area contributed by atoms with Crippen molar-refractivity contribution >= 4 is 5.91 Å². The van der Waals surface area contributed by atoms with Gasteiger partial charge in [-0.2, -0.15) is 0 Å². The molecule has 2 aromatic carbocycles. The van der Waals surface area contributed by atoms with Crippen molar-refractivity contribution < 1.29 is 9.53 Å². The number of hydrogen-bond donors (Lipinski definition) is 0. The van der Waals surface area contributed by atoms with Gasteiger partial charge in [0.2, 0.25) is 0 Å². The van der Waals surface area contributed by atoms with E-state index in [2.05, 4.69) is 10.3 Å². The van der Waals surface area contributed by atoms with E-state index in [1.807, 2.05) is 61.5 Å². The first-order valence-corrected chi connectivity index (χ1v) is 8.44. The highest BCUT2D eigenvalue weighted by Crippen LogP contribution is 2.28. The second kappa shape index (κ2) is 7.82. The van der Waals surface area contributed by atoms with E-state index >= 15 is 0 Å². The van der Waals surface area contributed by atoms with Gasteiger partial charge in [-0.15, -0.1) is 5.10 Å². The van der Waals surface area contributed by atoms with E-state index in [4.69, 9.17) is 4.74 Å². The van der Waals surface area contributed by atoms with Gasteiger partial charge in [0, 0.05) is 12.6 Å². The van der Waals surface area contributed by atoms with Crippen LogP contribution < -0.4 is 4.74 Å². The Hall–Kier alpha value is -3.15. The van der Waals surface area contributed by atoms with Crippen LogP contribution in [-0.4, -0.2) is 40.0 Å². The van der Waals surface area contributed by atoms with Gasteiger partial charge < -0.3 is 9.64 Å². The summed E-state index contributed by atoms with van der Waals surface area (Å²) in [6.07, 6.45) is 1.68. The molecule has 1 heterocycles. The minimum absolute atomic E-state index is 0.155. The van der Waals surface area contributed by atoms with Gasteiger partial charge in [-0.25, -0.2) is 4.68 Å². The van der Waals surface area contributed by atoms with Crippen LogP contribution in [0.2, 0.25) is 0 Å². The third kappa shape index (κ3) is 3.74. The predicted octanol–water partition coefficient (Wildman–Crippen LogP) is 3.17. The second-order valence-corrected chi connectivity index (χ2v) is 6.12. The minimum Gasteiger partial charge on any atom is -0.496 e. The number of rotatable bonds is 6. The fourth-order valence-electron chi connectivity index (χ4n) is 2.82. The predicted molar refractivity (Wildman–Crippen MR) is 99.1 cm³/mol. The lowest BCUT2D eigenvalue weighted by molar-refractivity contribution is 0.0735. The minimum atomic E-state index is -0.178. The van der Waals surface area contributed by atoms with Gasteiger partial charge in [-0.05, 0) is 18.6 Å². The Bertz CT molecular complexity index is 876. The summed E-state index contributed by atoms with van der Waals surface area (Å²) in [5.41, 5.74) is 2.37. The summed E-state index contributed by atoms with van der Waals surface area (Å²) in [5.74, 6) is 0.579. The Kier molecular flexibility index (Phi) is 5.31.